The van der Waals surface area contributed by atoms with Crippen LogP contribution in [0.1, 0.15) is 15.9 Å². The van der Waals surface area contributed by atoms with Gasteiger partial charge in [0.2, 0.25) is 5.55 Å². The number of phenols is 1. The van der Waals surface area contributed by atoms with Gasteiger partial charge in [0.05, 0.1) is 14.2 Å². The van der Waals surface area contributed by atoms with Gasteiger partial charge in [-0.05, 0) is 48.9 Å². The van der Waals surface area contributed by atoms with E-state index in [1.54, 1.807) is 49.7 Å². The first-order valence-electron chi connectivity index (χ1n) is 9.74. The summed E-state index contributed by atoms with van der Waals surface area (Å²) in [6.45, 7) is 1.91. The standard InChI is InChI=1S/C24H21N3O5/c1-14-4-9-22(25-13-14)27-23(29)18-10-15-5-6-16(28)11-20(15)32-24(18)26-19-8-7-17(30-2)12-21(19)31-3/h4-13,28H,1-3H3,(H,25,27,29). The third kappa shape index (κ3) is 4.39. The molecule has 0 spiro atoms. The summed E-state index contributed by atoms with van der Waals surface area (Å²) in [6, 6.07) is 15.0. The summed E-state index contributed by atoms with van der Waals surface area (Å²) in [5.74, 6) is 1.05. The molecule has 0 saturated heterocycles. The third-order valence-electron chi connectivity index (χ3n) is 4.74. The van der Waals surface area contributed by atoms with Gasteiger partial charge in [0.25, 0.3) is 5.91 Å². The van der Waals surface area contributed by atoms with Gasteiger partial charge in [-0.1, -0.05) is 6.07 Å². The molecule has 0 radical (unpaired) electrons. The van der Waals surface area contributed by atoms with Crippen molar-refractivity contribution in [2.75, 3.05) is 19.5 Å². The molecular weight excluding hydrogens is 410 g/mol. The first-order valence-corrected chi connectivity index (χ1v) is 9.74. The maximum absolute atomic E-state index is 13.1. The summed E-state index contributed by atoms with van der Waals surface area (Å²) < 4.78 is 16.6. The van der Waals surface area contributed by atoms with E-state index in [9.17, 15) is 9.90 Å². The number of nitrogens with zero attached hydrogens (tertiary/aromatic N) is 2. The quantitative estimate of drug-likeness (QED) is 0.487. The van der Waals surface area contributed by atoms with E-state index in [1.807, 2.05) is 13.0 Å². The number of carbonyl (C=O) groups excluding carboxylic acids is 1. The third-order valence-corrected chi connectivity index (χ3v) is 4.74. The van der Waals surface area contributed by atoms with E-state index in [0.29, 0.717) is 34.0 Å². The minimum Gasteiger partial charge on any atom is -0.508 e. The Labute approximate surface area is 183 Å². The highest BCUT2D eigenvalue weighted by atomic mass is 16.5. The number of amides is 1. The lowest BCUT2D eigenvalue weighted by Crippen LogP contribution is -2.22. The minimum atomic E-state index is -0.439. The molecule has 8 nitrogen and oxygen atoms in total. The Bertz CT molecular complexity index is 1360. The van der Waals surface area contributed by atoms with E-state index in [0.717, 1.165) is 5.56 Å². The van der Waals surface area contributed by atoms with Crippen LogP contribution in [0.2, 0.25) is 0 Å². The summed E-state index contributed by atoms with van der Waals surface area (Å²) in [7, 11) is 3.07. The van der Waals surface area contributed by atoms with Crippen LogP contribution in [0.5, 0.6) is 17.2 Å². The van der Waals surface area contributed by atoms with Crippen LogP contribution < -0.4 is 20.3 Å². The molecule has 0 saturated carbocycles. The number of hydrogen-bond donors (Lipinski definition) is 2. The number of hydrogen-bond acceptors (Lipinski definition) is 7. The van der Waals surface area contributed by atoms with Gasteiger partial charge in [0.15, 0.2) is 0 Å². The highest BCUT2D eigenvalue weighted by molar-refractivity contribution is 6.05. The Morgan fingerprint density at radius 2 is 1.91 bits per heavy atom. The number of nitrogens with one attached hydrogen (secondary N) is 1. The normalized spacial score (nSPS) is 11.4. The summed E-state index contributed by atoms with van der Waals surface area (Å²) in [4.78, 5) is 21.9. The van der Waals surface area contributed by atoms with Crippen LogP contribution in [0.25, 0.3) is 11.0 Å². The first-order chi connectivity index (χ1) is 15.5. The number of ether oxygens (including phenoxy) is 2. The number of methoxy groups -OCH3 is 2. The average molecular weight is 431 g/mol. The van der Waals surface area contributed by atoms with Gasteiger partial charge in [-0.15, -0.1) is 0 Å². The van der Waals surface area contributed by atoms with Gasteiger partial charge in [-0.2, -0.15) is 0 Å². The predicted octanol–water partition coefficient (Wildman–Crippen LogP) is 4.34. The van der Waals surface area contributed by atoms with E-state index >= 15 is 0 Å². The SMILES string of the molecule is COc1ccc(N=c2oc3cc(O)ccc3cc2C(=O)Nc2ccc(C)cn2)c(OC)c1. The number of aromatic hydroxyl groups is 1. The fourth-order valence-corrected chi connectivity index (χ4v) is 3.06. The molecule has 4 aromatic rings. The Hall–Kier alpha value is -4.33. The molecular formula is C24H21N3O5. The lowest BCUT2D eigenvalue weighted by Gasteiger charge is -2.09. The van der Waals surface area contributed by atoms with Crippen LogP contribution in [-0.2, 0) is 0 Å². The number of aryl methyl sites for hydroxylation is 1. The number of fused-ring (bicyclic) bond motifs is 1. The molecule has 0 aliphatic carbocycles. The van der Waals surface area contributed by atoms with Crippen molar-refractivity contribution in [2.45, 2.75) is 6.92 Å². The molecule has 4 rings (SSSR count). The zero-order valence-electron chi connectivity index (χ0n) is 17.7. The number of rotatable bonds is 5. The van der Waals surface area contributed by atoms with Crippen molar-refractivity contribution in [3.8, 4) is 17.2 Å². The molecule has 0 atom stereocenters. The maximum Gasteiger partial charge on any atom is 0.262 e. The van der Waals surface area contributed by atoms with Crippen molar-refractivity contribution in [2.24, 2.45) is 4.99 Å². The van der Waals surface area contributed by atoms with Crippen LogP contribution >= 0.6 is 0 Å². The Kier molecular flexibility index (Phi) is 5.76. The number of phenolic OH excluding ortho intramolecular Hbond substituents is 1. The largest absolute Gasteiger partial charge is 0.508 e. The summed E-state index contributed by atoms with van der Waals surface area (Å²) in [6.07, 6.45) is 1.66. The van der Waals surface area contributed by atoms with Gasteiger partial charge in [0.1, 0.15) is 39.9 Å². The second-order valence-corrected chi connectivity index (χ2v) is 7.01. The van der Waals surface area contributed by atoms with E-state index in [1.165, 1.54) is 19.2 Å². The molecule has 0 fully saturated rings. The van der Waals surface area contributed by atoms with Gasteiger partial charge < -0.3 is 24.3 Å². The van der Waals surface area contributed by atoms with E-state index in [2.05, 4.69) is 15.3 Å². The minimum absolute atomic E-state index is 0.0373. The van der Waals surface area contributed by atoms with Crippen LogP contribution in [0.15, 0.2) is 70.2 Å². The summed E-state index contributed by atoms with van der Waals surface area (Å²) >= 11 is 0. The molecule has 162 valence electrons. The second kappa shape index (κ2) is 8.81. The zero-order chi connectivity index (χ0) is 22.7. The summed E-state index contributed by atoms with van der Waals surface area (Å²) in [5.41, 5.74) is 2.05. The number of carbonyl (C=O) groups is 1. The van der Waals surface area contributed by atoms with Crippen molar-refractivity contribution in [3.05, 3.63) is 77.5 Å². The second-order valence-electron chi connectivity index (χ2n) is 7.01. The van der Waals surface area contributed by atoms with Crippen LogP contribution in [-0.4, -0.2) is 30.2 Å². The topological polar surface area (TPSA) is 106 Å². The van der Waals surface area contributed by atoms with E-state index in [-0.39, 0.29) is 16.9 Å². The highest BCUT2D eigenvalue weighted by Crippen LogP contribution is 2.31. The van der Waals surface area contributed by atoms with Crippen molar-refractivity contribution >= 4 is 28.4 Å². The molecule has 2 aromatic heterocycles. The van der Waals surface area contributed by atoms with Crippen molar-refractivity contribution in [1.82, 2.24) is 4.98 Å². The number of benzene rings is 2. The molecule has 32 heavy (non-hydrogen) atoms. The molecule has 0 bridgehead atoms. The smallest absolute Gasteiger partial charge is 0.262 e. The Balaban J connectivity index is 1.87. The molecule has 0 aliphatic heterocycles. The molecule has 2 aromatic carbocycles. The molecule has 0 unspecified atom stereocenters. The van der Waals surface area contributed by atoms with Gasteiger partial charge in [-0.25, -0.2) is 9.98 Å². The Morgan fingerprint density at radius 3 is 2.62 bits per heavy atom. The predicted molar refractivity (Wildman–Crippen MR) is 120 cm³/mol. The van der Waals surface area contributed by atoms with Gasteiger partial charge in [-0.3, -0.25) is 4.79 Å². The van der Waals surface area contributed by atoms with Crippen LogP contribution in [0, 0.1) is 6.92 Å². The number of pyridine rings is 1. The van der Waals surface area contributed by atoms with E-state index in [4.69, 9.17) is 13.9 Å². The van der Waals surface area contributed by atoms with E-state index < -0.39 is 5.91 Å². The highest BCUT2D eigenvalue weighted by Gasteiger charge is 2.15. The van der Waals surface area contributed by atoms with Gasteiger partial charge >= 0.3 is 0 Å². The summed E-state index contributed by atoms with van der Waals surface area (Å²) in [5, 5.41) is 13.2. The Morgan fingerprint density at radius 1 is 1.06 bits per heavy atom. The van der Waals surface area contributed by atoms with Crippen LogP contribution in [0.4, 0.5) is 11.5 Å². The van der Waals surface area contributed by atoms with Crippen molar-refractivity contribution < 1.29 is 23.8 Å². The number of anilines is 1. The van der Waals surface area contributed by atoms with Crippen LogP contribution in [0.3, 0.4) is 0 Å². The fourth-order valence-electron chi connectivity index (χ4n) is 3.06. The lowest BCUT2D eigenvalue weighted by molar-refractivity contribution is 0.102. The molecule has 1 amide bonds. The fraction of sp³-hybridized carbons (Fsp3) is 0.125. The molecule has 2 N–H and O–H groups in total. The molecule has 0 aliphatic rings. The van der Waals surface area contributed by atoms with Crippen molar-refractivity contribution in [1.29, 1.82) is 0 Å². The average Bonchev–Trinajstić information content (AvgIpc) is 2.80. The monoisotopic (exact) mass is 431 g/mol. The number of aromatic nitrogens is 1. The van der Waals surface area contributed by atoms with Crippen molar-refractivity contribution in [3.63, 3.8) is 0 Å². The maximum atomic E-state index is 13.1. The molecule has 8 heteroatoms. The lowest BCUT2D eigenvalue weighted by atomic mass is 10.1. The molecule has 2 heterocycles. The first kappa shape index (κ1) is 20.9. The zero-order valence-corrected chi connectivity index (χ0v) is 17.7. The van der Waals surface area contributed by atoms with Gasteiger partial charge in [0, 0.05) is 23.7 Å².